The van der Waals surface area contributed by atoms with Crippen molar-refractivity contribution in [1.29, 1.82) is 0 Å². The maximum Gasteiger partial charge on any atom is 0.245 e. The molecule has 2 rings (SSSR count). The van der Waals surface area contributed by atoms with E-state index in [1.54, 1.807) is 4.57 Å². The van der Waals surface area contributed by atoms with Crippen LogP contribution in [0.1, 0.15) is 5.82 Å². The van der Waals surface area contributed by atoms with Gasteiger partial charge in [0.2, 0.25) is 15.9 Å². The normalized spacial score (nSPS) is 11.9. The number of ether oxygens (including phenoxy) is 1. The second-order valence-electron chi connectivity index (χ2n) is 4.03. The van der Waals surface area contributed by atoms with Crippen LogP contribution in [-0.2, 0) is 22.4 Å². The topological polar surface area (TPSA) is 99.0 Å². The molecule has 10 heteroatoms. The predicted octanol–water partition coefficient (Wildman–Crippen LogP) is 0.123. The molecule has 110 valence electrons. The first kappa shape index (κ1) is 14.9. The third kappa shape index (κ3) is 3.17. The van der Waals surface area contributed by atoms with E-state index in [-0.39, 0.29) is 12.4 Å². The van der Waals surface area contributed by atoms with Crippen molar-refractivity contribution in [3.05, 3.63) is 12.2 Å². The Hall–Kier alpha value is -1.45. The molecule has 0 bridgehead atoms. The van der Waals surface area contributed by atoms with E-state index in [2.05, 4.69) is 19.7 Å². The van der Waals surface area contributed by atoms with Gasteiger partial charge < -0.3 is 9.30 Å². The molecule has 0 unspecified atom stereocenters. The van der Waals surface area contributed by atoms with Crippen molar-refractivity contribution in [3.8, 4) is 5.88 Å². The lowest BCUT2D eigenvalue weighted by molar-refractivity contribution is 0.401. The molecule has 0 aliphatic rings. The summed E-state index contributed by atoms with van der Waals surface area (Å²) in [7, 11) is -1.74. The molecule has 0 amide bonds. The van der Waals surface area contributed by atoms with Crippen LogP contribution in [0.15, 0.2) is 6.33 Å². The number of nitrogens with zero attached hydrogens (tertiary/aromatic N) is 4. The molecule has 2 heterocycles. The van der Waals surface area contributed by atoms with Crippen molar-refractivity contribution < 1.29 is 13.2 Å². The van der Waals surface area contributed by atoms with Gasteiger partial charge in [0.05, 0.1) is 19.2 Å². The number of nitrogens with one attached hydrogen (secondary N) is 1. The van der Waals surface area contributed by atoms with Gasteiger partial charge in [-0.25, -0.2) is 23.1 Å². The zero-order valence-electron chi connectivity index (χ0n) is 11.0. The van der Waals surface area contributed by atoms with Crippen molar-refractivity contribution in [3.63, 3.8) is 0 Å². The number of halogens is 1. The number of fused-ring (bicyclic) bond motifs is 1. The number of methoxy groups -OCH3 is 1. The summed E-state index contributed by atoms with van der Waals surface area (Å²) in [4.78, 5) is 12.4. The van der Waals surface area contributed by atoms with Crippen LogP contribution in [0, 0.1) is 0 Å². The largest absolute Gasteiger partial charge is 0.479 e. The molecule has 8 nitrogen and oxygen atoms in total. The monoisotopic (exact) mass is 319 g/mol. The van der Waals surface area contributed by atoms with Gasteiger partial charge in [0, 0.05) is 13.1 Å². The average molecular weight is 320 g/mol. The van der Waals surface area contributed by atoms with Crippen LogP contribution in [-0.4, -0.2) is 47.8 Å². The molecule has 0 aromatic carbocycles. The number of rotatable bonds is 6. The fourth-order valence-corrected chi connectivity index (χ4v) is 2.46. The molecule has 1 N–H and O–H groups in total. The van der Waals surface area contributed by atoms with Crippen LogP contribution in [0.5, 0.6) is 5.88 Å². The highest BCUT2D eigenvalue weighted by Gasteiger charge is 2.15. The van der Waals surface area contributed by atoms with Crippen LogP contribution in [0.2, 0.25) is 0 Å². The van der Waals surface area contributed by atoms with Gasteiger partial charge in [-0.1, -0.05) is 0 Å². The Kier molecular flexibility index (Phi) is 4.41. The Morgan fingerprint density at radius 2 is 2.20 bits per heavy atom. The van der Waals surface area contributed by atoms with Gasteiger partial charge in [-0.2, -0.15) is 4.98 Å². The van der Waals surface area contributed by atoms with E-state index in [4.69, 9.17) is 16.3 Å². The van der Waals surface area contributed by atoms with Crippen LogP contribution in [0.25, 0.3) is 11.2 Å². The van der Waals surface area contributed by atoms with E-state index < -0.39 is 10.0 Å². The summed E-state index contributed by atoms with van der Waals surface area (Å²) in [6.45, 7) is 0.590. The maximum atomic E-state index is 11.1. The van der Waals surface area contributed by atoms with E-state index in [0.29, 0.717) is 29.4 Å². The summed E-state index contributed by atoms with van der Waals surface area (Å²) >= 11 is 5.86. The minimum Gasteiger partial charge on any atom is -0.479 e. The molecule has 0 fully saturated rings. The zero-order chi connectivity index (χ0) is 14.8. The summed E-state index contributed by atoms with van der Waals surface area (Å²) in [6, 6.07) is 0. The lowest BCUT2D eigenvalue weighted by atomic mass is 10.5. The van der Waals surface area contributed by atoms with Gasteiger partial charge in [0.1, 0.15) is 12.2 Å². The van der Waals surface area contributed by atoms with Crippen LogP contribution >= 0.6 is 11.6 Å². The summed E-state index contributed by atoms with van der Waals surface area (Å²) in [5, 5.41) is 0. The molecule has 2 aromatic rings. The molecule has 0 radical (unpaired) electrons. The minimum atomic E-state index is -3.24. The molecule has 0 aliphatic carbocycles. The van der Waals surface area contributed by atoms with Crippen LogP contribution in [0.3, 0.4) is 0 Å². The minimum absolute atomic E-state index is 0.179. The summed E-state index contributed by atoms with van der Waals surface area (Å²) in [5.74, 6) is 1.12. The first-order valence-electron chi connectivity index (χ1n) is 5.71. The van der Waals surface area contributed by atoms with Gasteiger partial charge in [0.25, 0.3) is 0 Å². The van der Waals surface area contributed by atoms with E-state index in [1.165, 1.54) is 13.4 Å². The summed E-state index contributed by atoms with van der Waals surface area (Å²) in [5.41, 5.74) is 1.06. The number of sulfonamides is 1. The number of aromatic nitrogens is 4. The van der Waals surface area contributed by atoms with E-state index in [9.17, 15) is 8.42 Å². The molecular formula is C10H14ClN5O3S. The van der Waals surface area contributed by atoms with E-state index >= 15 is 0 Å². The van der Waals surface area contributed by atoms with Gasteiger partial charge >= 0.3 is 0 Å². The maximum absolute atomic E-state index is 11.1. The Morgan fingerprint density at radius 1 is 1.45 bits per heavy atom. The molecule has 0 saturated heterocycles. The quantitative estimate of drug-likeness (QED) is 0.759. The highest BCUT2D eigenvalue weighted by molar-refractivity contribution is 7.88. The number of alkyl halides is 1. The predicted molar refractivity (Wildman–Crippen MR) is 74.3 cm³/mol. The molecule has 0 spiro atoms. The van der Waals surface area contributed by atoms with Crippen molar-refractivity contribution in [2.24, 2.45) is 0 Å². The van der Waals surface area contributed by atoms with Gasteiger partial charge in [-0.15, -0.1) is 11.6 Å². The van der Waals surface area contributed by atoms with Crippen molar-refractivity contribution >= 4 is 32.8 Å². The Labute approximate surface area is 121 Å². The second kappa shape index (κ2) is 5.90. The lowest BCUT2D eigenvalue weighted by Crippen LogP contribution is -2.26. The Balaban J connectivity index is 2.36. The third-order valence-electron chi connectivity index (χ3n) is 2.59. The lowest BCUT2D eigenvalue weighted by Gasteiger charge is -2.07. The number of hydrogen-bond acceptors (Lipinski definition) is 6. The number of hydrogen-bond donors (Lipinski definition) is 1. The first-order valence-corrected chi connectivity index (χ1v) is 8.13. The molecule has 0 aliphatic heterocycles. The highest BCUT2D eigenvalue weighted by atomic mass is 35.5. The zero-order valence-corrected chi connectivity index (χ0v) is 12.6. The molecule has 2 aromatic heterocycles. The van der Waals surface area contributed by atoms with Crippen LogP contribution < -0.4 is 9.46 Å². The second-order valence-corrected chi connectivity index (χ2v) is 6.14. The highest BCUT2D eigenvalue weighted by Crippen LogP contribution is 2.22. The summed E-state index contributed by atoms with van der Waals surface area (Å²) in [6.07, 6.45) is 2.47. The van der Waals surface area contributed by atoms with Crippen LogP contribution in [0.4, 0.5) is 0 Å². The fraction of sp³-hybridized carbons (Fsp3) is 0.500. The molecule has 0 atom stereocenters. The van der Waals surface area contributed by atoms with Gasteiger partial charge in [-0.05, 0) is 0 Å². The third-order valence-corrected chi connectivity index (χ3v) is 3.56. The standard InChI is InChI=1S/C10H14ClN5O3S/c1-19-10-8-9(12-6-13-10)16(7(5-11)15-8)4-3-14-20(2,17)18/h6,14H,3-5H2,1-2H3. The molecule has 20 heavy (non-hydrogen) atoms. The van der Waals surface area contributed by atoms with Gasteiger partial charge in [0.15, 0.2) is 11.2 Å². The SMILES string of the molecule is COc1ncnc2c1nc(CCl)n2CCNS(C)(=O)=O. The Bertz CT molecular complexity index is 715. The first-order chi connectivity index (χ1) is 9.46. The van der Waals surface area contributed by atoms with Crippen molar-refractivity contribution in [2.45, 2.75) is 12.4 Å². The van der Waals surface area contributed by atoms with E-state index in [1.807, 2.05) is 0 Å². The summed E-state index contributed by atoms with van der Waals surface area (Å²) < 4.78 is 31.4. The van der Waals surface area contributed by atoms with E-state index in [0.717, 1.165) is 6.26 Å². The smallest absolute Gasteiger partial charge is 0.245 e. The fourth-order valence-electron chi connectivity index (χ4n) is 1.79. The van der Waals surface area contributed by atoms with Crippen molar-refractivity contribution in [2.75, 3.05) is 19.9 Å². The number of imidazole rings is 1. The van der Waals surface area contributed by atoms with Crippen molar-refractivity contribution in [1.82, 2.24) is 24.2 Å². The van der Waals surface area contributed by atoms with Gasteiger partial charge in [-0.3, -0.25) is 0 Å². The Morgan fingerprint density at radius 3 is 2.80 bits per heavy atom. The average Bonchev–Trinajstić information content (AvgIpc) is 2.75. The molecular weight excluding hydrogens is 306 g/mol. The molecule has 0 saturated carbocycles.